The van der Waals surface area contributed by atoms with Gasteiger partial charge >= 0.3 is 6.03 Å². The van der Waals surface area contributed by atoms with Gasteiger partial charge in [0.05, 0.1) is 6.26 Å². The average Bonchev–Trinajstić information content (AvgIpc) is 2.52. The summed E-state index contributed by atoms with van der Waals surface area (Å²) in [5.41, 5.74) is 0.689. The molecule has 0 saturated carbocycles. The molecule has 1 aromatic carbocycles. The number of sulfonamides is 1. The van der Waals surface area contributed by atoms with Crippen LogP contribution in [0.1, 0.15) is 12.8 Å². The van der Waals surface area contributed by atoms with Gasteiger partial charge in [-0.2, -0.15) is 4.31 Å². The van der Waals surface area contributed by atoms with Crippen LogP contribution in [0.4, 0.5) is 10.5 Å². The van der Waals surface area contributed by atoms with E-state index in [1.54, 1.807) is 12.1 Å². The maximum Gasteiger partial charge on any atom is 0.319 e. The minimum absolute atomic E-state index is 0.0577. The van der Waals surface area contributed by atoms with Gasteiger partial charge in [0.1, 0.15) is 0 Å². The number of urea groups is 1. The third-order valence-corrected chi connectivity index (χ3v) is 5.01. The molecule has 1 aliphatic rings. The summed E-state index contributed by atoms with van der Waals surface area (Å²) in [6.07, 6.45) is 2.57. The van der Waals surface area contributed by atoms with Gasteiger partial charge in [0.25, 0.3) is 0 Å². The highest BCUT2D eigenvalue weighted by Crippen LogP contribution is 2.16. The normalized spacial score (nSPS) is 16.3. The molecule has 128 valence electrons. The Hall–Kier alpha value is -1.64. The Bertz CT molecular complexity index is 600. The lowest BCUT2D eigenvalue weighted by molar-refractivity contribution is 0.0589. The van der Waals surface area contributed by atoms with E-state index < -0.39 is 10.0 Å². The van der Waals surface area contributed by atoms with Crippen LogP contribution in [0.3, 0.4) is 0 Å². The standard InChI is InChI=1S/C15H23N3O4S/c1-23(20,21)18(14-7-11-22-12-8-14)10-9-16-15(19)17-13-5-3-2-4-6-13/h2-6,14H,7-12H2,1H3,(H2,16,17,19). The van der Waals surface area contributed by atoms with Crippen molar-refractivity contribution in [3.05, 3.63) is 30.3 Å². The van der Waals surface area contributed by atoms with E-state index >= 15 is 0 Å². The first-order valence-corrected chi connectivity index (χ1v) is 9.46. The summed E-state index contributed by atoms with van der Waals surface area (Å²) >= 11 is 0. The molecular formula is C15H23N3O4S. The molecule has 1 aromatic rings. The predicted octanol–water partition coefficient (Wildman–Crippen LogP) is 1.25. The number of carbonyl (C=O) groups is 1. The van der Waals surface area contributed by atoms with Crippen molar-refractivity contribution >= 4 is 21.7 Å². The lowest BCUT2D eigenvalue weighted by atomic mass is 10.1. The third kappa shape index (κ3) is 5.81. The maximum absolute atomic E-state index is 12.0. The van der Waals surface area contributed by atoms with Crippen LogP contribution in [-0.4, -0.2) is 57.4 Å². The molecule has 0 spiro atoms. The molecule has 2 N–H and O–H groups in total. The molecule has 1 heterocycles. The maximum atomic E-state index is 12.0. The summed E-state index contributed by atoms with van der Waals surface area (Å²) < 4.78 is 30.6. The molecule has 7 nitrogen and oxygen atoms in total. The van der Waals surface area contributed by atoms with E-state index in [-0.39, 0.29) is 25.2 Å². The molecule has 1 saturated heterocycles. The topological polar surface area (TPSA) is 87.7 Å². The number of para-hydroxylation sites is 1. The summed E-state index contributed by atoms with van der Waals surface area (Å²) in [6, 6.07) is 8.67. The molecule has 23 heavy (non-hydrogen) atoms. The van der Waals surface area contributed by atoms with Crippen LogP contribution in [0.5, 0.6) is 0 Å². The van der Waals surface area contributed by atoms with Gasteiger partial charge in [-0.3, -0.25) is 0 Å². The van der Waals surface area contributed by atoms with Crippen molar-refractivity contribution < 1.29 is 17.9 Å². The number of anilines is 1. The summed E-state index contributed by atoms with van der Waals surface area (Å²) in [7, 11) is -3.32. The molecule has 0 aromatic heterocycles. The molecule has 0 aliphatic carbocycles. The van der Waals surface area contributed by atoms with E-state index in [9.17, 15) is 13.2 Å². The zero-order chi connectivity index (χ0) is 16.7. The van der Waals surface area contributed by atoms with Crippen molar-refractivity contribution in [3.8, 4) is 0 Å². The summed E-state index contributed by atoms with van der Waals surface area (Å²) in [5, 5.41) is 5.38. The van der Waals surface area contributed by atoms with Gasteiger partial charge in [-0.1, -0.05) is 18.2 Å². The highest BCUT2D eigenvalue weighted by atomic mass is 32.2. The number of nitrogens with zero attached hydrogens (tertiary/aromatic N) is 1. The second-order valence-electron chi connectivity index (χ2n) is 5.46. The second kappa shape index (κ2) is 8.28. The van der Waals surface area contributed by atoms with Crippen molar-refractivity contribution in [2.75, 3.05) is 37.9 Å². The zero-order valence-electron chi connectivity index (χ0n) is 13.2. The van der Waals surface area contributed by atoms with E-state index in [2.05, 4.69) is 10.6 Å². The van der Waals surface area contributed by atoms with E-state index in [4.69, 9.17) is 4.74 Å². The minimum atomic E-state index is -3.32. The lowest BCUT2D eigenvalue weighted by Gasteiger charge is -2.32. The highest BCUT2D eigenvalue weighted by molar-refractivity contribution is 7.88. The fourth-order valence-corrected chi connectivity index (χ4v) is 3.74. The SMILES string of the molecule is CS(=O)(=O)N(CCNC(=O)Nc1ccccc1)C1CCOCC1. The summed E-state index contributed by atoms with van der Waals surface area (Å²) in [6.45, 7) is 1.64. The Balaban J connectivity index is 1.83. The molecular weight excluding hydrogens is 318 g/mol. The average molecular weight is 341 g/mol. The second-order valence-corrected chi connectivity index (χ2v) is 7.40. The number of benzene rings is 1. The van der Waals surface area contributed by atoms with Crippen molar-refractivity contribution in [3.63, 3.8) is 0 Å². The molecule has 8 heteroatoms. The van der Waals surface area contributed by atoms with Crippen molar-refractivity contribution in [1.29, 1.82) is 0 Å². The van der Waals surface area contributed by atoms with E-state index in [0.29, 0.717) is 31.7 Å². The Morgan fingerprint density at radius 1 is 1.26 bits per heavy atom. The minimum Gasteiger partial charge on any atom is -0.381 e. The third-order valence-electron chi connectivity index (χ3n) is 3.67. The number of rotatable bonds is 6. The molecule has 2 amide bonds. The van der Waals surface area contributed by atoms with Gasteiger partial charge in [0.2, 0.25) is 10.0 Å². The Morgan fingerprint density at radius 3 is 2.52 bits per heavy atom. The number of carbonyl (C=O) groups excluding carboxylic acids is 1. The van der Waals surface area contributed by atoms with Crippen LogP contribution in [0.15, 0.2) is 30.3 Å². The van der Waals surface area contributed by atoms with Gasteiger partial charge < -0.3 is 15.4 Å². The first-order chi connectivity index (χ1) is 11.0. The molecule has 0 radical (unpaired) electrons. The van der Waals surface area contributed by atoms with Crippen LogP contribution in [0, 0.1) is 0 Å². The molecule has 1 fully saturated rings. The number of nitrogens with one attached hydrogen (secondary N) is 2. The summed E-state index contributed by atoms with van der Waals surface area (Å²) in [4.78, 5) is 11.8. The monoisotopic (exact) mass is 341 g/mol. The van der Waals surface area contributed by atoms with Crippen LogP contribution in [-0.2, 0) is 14.8 Å². The van der Waals surface area contributed by atoms with Gasteiger partial charge in [-0.25, -0.2) is 13.2 Å². The first kappa shape index (κ1) is 17.7. The molecule has 0 bridgehead atoms. The number of hydrogen-bond donors (Lipinski definition) is 2. The van der Waals surface area contributed by atoms with Crippen LogP contribution < -0.4 is 10.6 Å². The Kier molecular flexibility index (Phi) is 6.37. The Morgan fingerprint density at radius 2 is 1.91 bits per heavy atom. The molecule has 2 rings (SSSR count). The molecule has 0 unspecified atom stereocenters. The van der Waals surface area contributed by atoms with Crippen molar-refractivity contribution in [2.24, 2.45) is 0 Å². The van der Waals surface area contributed by atoms with Gasteiger partial charge in [0.15, 0.2) is 0 Å². The zero-order valence-corrected chi connectivity index (χ0v) is 14.0. The van der Waals surface area contributed by atoms with E-state index in [1.807, 2.05) is 18.2 Å². The highest BCUT2D eigenvalue weighted by Gasteiger charge is 2.28. The summed E-state index contributed by atoms with van der Waals surface area (Å²) in [5.74, 6) is 0. The van der Waals surface area contributed by atoms with Crippen LogP contribution in [0.2, 0.25) is 0 Å². The number of hydrogen-bond acceptors (Lipinski definition) is 4. The van der Waals surface area contributed by atoms with E-state index in [0.717, 1.165) is 0 Å². The molecule has 0 atom stereocenters. The van der Waals surface area contributed by atoms with Gasteiger partial charge in [0, 0.05) is 38.0 Å². The van der Waals surface area contributed by atoms with Gasteiger partial charge in [-0.15, -0.1) is 0 Å². The van der Waals surface area contributed by atoms with Crippen molar-refractivity contribution in [1.82, 2.24) is 9.62 Å². The quantitative estimate of drug-likeness (QED) is 0.815. The number of amides is 2. The Labute approximate surface area is 137 Å². The fraction of sp³-hybridized carbons (Fsp3) is 0.533. The van der Waals surface area contributed by atoms with Crippen LogP contribution >= 0.6 is 0 Å². The largest absolute Gasteiger partial charge is 0.381 e. The lowest BCUT2D eigenvalue weighted by Crippen LogP contribution is -2.46. The predicted molar refractivity (Wildman–Crippen MR) is 88.9 cm³/mol. The number of ether oxygens (including phenoxy) is 1. The van der Waals surface area contributed by atoms with Gasteiger partial charge in [-0.05, 0) is 25.0 Å². The van der Waals surface area contributed by atoms with Crippen molar-refractivity contribution in [2.45, 2.75) is 18.9 Å². The van der Waals surface area contributed by atoms with Crippen LogP contribution in [0.25, 0.3) is 0 Å². The van der Waals surface area contributed by atoms with E-state index in [1.165, 1.54) is 10.6 Å². The smallest absolute Gasteiger partial charge is 0.319 e. The first-order valence-electron chi connectivity index (χ1n) is 7.61. The fourth-order valence-electron chi connectivity index (χ4n) is 2.57. The molecule has 1 aliphatic heterocycles.